The van der Waals surface area contributed by atoms with Gasteiger partial charge in [-0.2, -0.15) is 70.1 Å². The number of amides is 8. The Hall–Kier alpha value is -16.8. The largest absolute Gasteiger partial charge is 0.481 e. The molecule has 19 rings (SSSR count). The van der Waals surface area contributed by atoms with Crippen molar-refractivity contribution in [3.63, 3.8) is 0 Å². The van der Waals surface area contributed by atoms with Gasteiger partial charge in [0.1, 0.15) is 62.8 Å². The van der Waals surface area contributed by atoms with E-state index in [0.29, 0.717) is 148 Å². The lowest BCUT2D eigenvalue weighted by Gasteiger charge is -2.36. The molecule has 0 spiro atoms. The number of hydrogen-bond donors (Lipinski definition) is 0. The van der Waals surface area contributed by atoms with Gasteiger partial charge < -0.3 is 42.6 Å². The zero-order valence-electron chi connectivity index (χ0n) is 72.3. The molecule has 686 valence electrons. The van der Waals surface area contributed by atoms with Crippen molar-refractivity contribution in [3.8, 4) is 52.4 Å². The summed E-state index contributed by atoms with van der Waals surface area (Å²) in [5.41, 5.74) is 11.2. The van der Waals surface area contributed by atoms with Crippen LogP contribution in [0.5, 0.6) is 52.4 Å². The van der Waals surface area contributed by atoms with Crippen molar-refractivity contribution in [2.24, 2.45) is 14.1 Å². The molecule has 0 aliphatic carbocycles. The molecule has 4 aliphatic rings. The Balaban J connectivity index is 0.000000130. The summed E-state index contributed by atoms with van der Waals surface area (Å²) < 4.78 is 147. The number of hydrogen-bond acceptors (Lipinski definition) is 23. The lowest BCUT2D eigenvalue weighted by atomic mass is 10.1. The van der Waals surface area contributed by atoms with Gasteiger partial charge in [0.2, 0.25) is 29.4 Å². The van der Waals surface area contributed by atoms with Crippen LogP contribution in [0.15, 0.2) is 237 Å². The predicted molar refractivity (Wildman–Crippen MR) is 478 cm³/mol. The summed E-state index contributed by atoms with van der Waals surface area (Å²) in [6, 6.07) is 59.9. The third kappa shape index (κ3) is 20.0. The van der Waals surface area contributed by atoms with Crippen LogP contribution in [0.3, 0.4) is 0 Å². The van der Waals surface area contributed by atoms with Crippen LogP contribution < -0.4 is 81.8 Å². The van der Waals surface area contributed by atoms with E-state index >= 15 is 0 Å². The van der Waals surface area contributed by atoms with Gasteiger partial charge in [-0.3, -0.25) is 24.6 Å². The highest BCUT2D eigenvalue weighted by molar-refractivity contribution is 6.14. The van der Waals surface area contributed by atoms with Crippen LogP contribution in [0, 0.1) is 0 Å². The van der Waals surface area contributed by atoms with Crippen molar-refractivity contribution in [1.82, 2.24) is 59.9 Å². The fraction of sp³-hybridized carbons (Fsp3) is 0.204. The lowest BCUT2D eigenvalue weighted by Crippen LogP contribution is -2.45. The van der Waals surface area contributed by atoms with Crippen LogP contribution >= 0.6 is 0 Å². The SMILES string of the molecule is CCOc1ccc2c(n1)N(c1ccc(OC(F)F)cc1)C(=O)N(c1ccc3ncccc3c1)C2.CCOc1ccc2c(n1)N(c1ccc(OC(F)F)cc1)C(=O)N(c1ccc3nn(C)nc3c1)C2.CCOc1ccc2c(n1)N(c1ccc(OC(F)F)cc1)C(=O)N(c1ccc3nnn(C)c3c1)C2.CCOc1ccc2c(n1)N(c1ccc(OC(F)F)cc1)C(=O)N(c1ccnc(OC)c1)C2. The summed E-state index contributed by atoms with van der Waals surface area (Å²) in [4.78, 5) is 95.0. The van der Waals surface area contributed by atoms with Crippen molar-refractivity contribution >= 4 is 126 Å². The summed E-state index contributed by atoms with van der Waals surface area (Å²) in [6.45, 7) is -1.55. The van der Waals surface area contributed by atoms with E-state index in [9.17, 15) is 54.3 Å². The number of anilines is 12. The average molecular weight is 1840 g/mol. The number of ether oxygens (including phenoxy) is 9. The Bertz CT molecular complexity index is 6770. The van der Waals surface area contributed by atoms with Crippen LogP contribution in [-0.2, 0) is 40.3 Å². The number of rotatable bonds is 25. The standard InChI is InChI=1S/C25H20F2N4O3.2C23H20F2N6O3.C22H20F2N4O4/c1-2-33-22-12-5-17-15-30(19-8-11-21-16(14-19)4-3-13-28-21)25(32)31(23(17)29-22)18-6-9-20(10-7-18)34-24(26)27;1-3-33-20-11-4-14-13-30(16-7-10-18-19(12-16)29(2)28-27-18)23(32)31(21(14)26-20)15-5-8-17(9-6-15)34-22(24)25;1-3-33-20-11-4-14-13-30(16-7-10-18-19(12-16)28-29(2)27-18)23(32)31(21(14)26-20)15-5-8-17(9-6-15)34-22(24)25;1-3-31-18-9-4-14-13-27(16-10-11-25-19(12-16)30-2)22(29)28(20(14)26-18)15-5-7-17(8-6-15)32-21(23)24/h3-14,24H,2,15H2,1H3;2*4-12,22H,3,13H2,1-2H3;4-12,21H,3,13H2,1-2H3. The number of benzene rings is 7. The van der Waals surface area contributed by atoms with Crippen molar-refractivity contribution in [2.45, 2.75) is 80.3 Å². The number of nitrogens with zero attached hydrogens (tertiary/aromatic N) is 20. The topological polar surface area (TPSA) is 316 Å². The van der Waals surface area contributed by atoms with Gasteiger partial charge in [-0.05, 0) is 216 Å². The molecule has 41 heteroatoms. The number of alkyl halides is 8. The minimum absolute atomic E-state index is 0.00153. The predicted octanol–water partition coefficient (Wildman–Crippen LogP) is 20.0. The molecule has 0 saturated carbocycles. The highest BCUT2D eigenvalue weighted by atomic mass is 19.3. The number of urea groups is 4. The molecule has 0 bridgehead atoms. The molecule has 33 nitrogen and oxygen atoms in total. The lowest BCUT2D eigenvalue weighted by molar-refractivity contribution is -0.0505. The number of aromatic nitrogens is 12. The maximum absolute atomic E-state index is 13.8. The molecule has 7 aromatic carbocycles. The van der Waals surface area contributed by atoms with E-state index in [1.807, 2.05) is 88.4 Å². The number of pyridine rings is 6. The van der Waals surface area contributed by atoms with Gasteiger partial charge in [0.25, 0.3) is 0 Å². The molecule has 8 aromatic heterocycles. The van der Waals surface area contributed by atoms with E-state index in [1.165, 1.54) is 116 Å². The van der Waals surface area contributed by atoms with E-state index in [-0.39, 0.29) is 66.8 Å². The van der Waals surface area contributed by atoms with Crippen LogP contribution in [0.25, 0.3) is 33.0 Å². The molecule has 0 fully saturated rings. The number of halogens is 8. The first-order valence-electron chi connectivity index (χ1n) is 41.5. The molecule has 134 heavy (non-hydrogen) atoms. The molecule has 15 aromatic rings. The van der Waals surface area contributed by atoms with Crippen LogP contribution in [0.2, 0.25) is 0 Å². The van der Waals surface area contributed by atoms with Gasteiger partial charge >= 0.3 is 50.6 Å². The first kappa shape index (κ1) is 90.6. The first-order valence-corrected chi connectivity index (χ1v) is 41.5. The fourth-order valence-corrected chi connectivity index (χ4v) is 14.9. The van der Waals surface area contributed by atoms with E-state index in [0.717, 1.165) is 38.7 Å². The smallest absolute Gasteiger partial charge is 0.387 e. The van der Waals surface area contributed by atoms with Gasteiger partial charge in [-0.25, -0.2) is 48.4 Å². The Morgan fingerprint density at radius 3 is 1.01 bits per heavy atom. The van der Waals surface area contributed by atoms with E-state index in [2.05, 4.69) is 69.4 Å². The minimum atomic E-state index is -2.94. The molecule has 0 atom stereocenters. The highest BCUT2D eigenvalue weighted by Gasteiger charge is 2.40. The van der Waals surface area contributed by atoms with Crippen molar-refractivity contribution in [2.75, 3.05) is 72.7 Å². The van der Waals surface area contributed by atoms with E-state index < -0.39 is 26.4 Å². The summed E-state index contributed by atoms with van der Waals surface area (Å²) in [5.74, 6) is 3.52. The molecular weight excluding hydrogens is 1760 g/mol. The maximum atomic E-state index is 13.8. The highest BCUT2D eigenvalue weighted by Crippen LogP contribution is 2.45. The summed E-state index contributed by atoms with van der Waals surface area (Å²) >= 11 is 0. The Kier molecular flexibility index (Phi) is 27.1. The number of carbonyl (C=O) groups excluding carboxylic acids is 4. The van der Waals surface area contributed by atoms with Crippen molar-refractivity contribution in [1.29, 1.82) is 0 Å². The summed E-state index contributed by atoms with van der Waals surface area (Å²) in [7, 11) is 5.00. The Labute approximate surface area is 757 Å². The van der Waals surface area contributed by atoms with Crippen molar-refractivity contribution in [3.05, 3.63) is 259 Å². The molecule has 12 heterocycles. The maximum Gasteiger partial charge on any atom is 0.387 e. The zero-order chi connectivity index (χ0) is 94.0. The number of aryl methyl sites for hydroxylation is 2. The van der Waals surface area contributed by atoms with Gasteiger partial charge in [-0.15, -0.1) is 5.10 Å². The Morgan fingerprint density at radius 2 is 0.657 bits per heavy atom. The van der Waals surface area contributed by atoms with Crippen LogP contribution in [-0.4, -0.2) is 144 Å². The van der Waals surface area contributed by atoms with E-state index in [4.69, 9.17) is 23.7 Å². The molecule has 8 amide bonds. The van der Waals surface area contributed by atoms with Gasteiger partial charge in [0, 0.05) is 102 Å². The Morgan fingerprint density at radius 1 is 0.328 bits per heavy atom. The van der Waals surface area contributed by atoms with E-state index in [1.54, 1.807) is 130 Å². The molecule has 0 saturated heterocycles. The minimum Gasteiger partial charge on any atom is -0.481 e. The molecule has 0 unspecified atom stereocenters. The van der Waals surface area contributed by atoms with Crippen LogP contribution in [0.1, 0.15) is 49.9 Å². The zero-order valence-corrected chi connectivity index (χ0v) is 72.3. The normalized spacial score (nSPS) is 13.4. The molecular formula is C93H80F8N20O13. The second-order valence-electron chi connectivity index (χ2n) is 29.3. The fourth-order valence-electron chi connectivity index (χ4n) is 14.9. The summed E-state index contributed by atoms with van der Waals surface area (Å²) in [5, 5.41) is 17.6. The second kappa shape index (κ2) is 40.1. The number of carbonyl (C=O) groups is 4. The quantitative estimate of drug-likeness (QED) is 0.0480. The third-order valence-electron chi connectivity index (χ3n) is 20.8. The van der Waals surface area contributed by atoms with Gasteiger partial charge in [0.05, 0.1) is 99.2 Å². The molecule has 0 radical (unpaired) electrons. The van der Waals surface area contributed by atoms with Gasteiger partial charge in [0.15, 0.2) is 0 Å². The number of methoxy groups -OCH3 is 1. The molecule has 0 N–H and O–H groups in total. The summed E-state index contributed by atoms with van der Waals surface area (Å²) in [6.07, 6.45) is 3.27. The van der Waals surface area contributed by atoms with Gasteiger partial charge in [-0.1, -0.05) is 11.3 Å². The van der Waals surface area contributed by atoms with Crippen molar-refractivity contribution < 1.29 is 96.9 Å². The van der Waals surface area contributed by atoms with Crippen LogP contribution in [0.4, 0.5) is 123 Å². The number of fused-ring (bicyclic) bond motifs is 7. The third-order valence-corrected chi connectivity index (χ3v) is 20.8. The second-order valence-corrected chi connectivity index (χ2v) is 29.3. The average Bonchev–Trinajstić information content (AvgIpc) is 1.55. The monoisotopic (exact) mass is 1840 g/mol. The first-order chi connectivity index (χ1) is 64.9. The molecule has 4 aliphatic heterocycles.